The molecule has 0 fully saturated rings. The van der Waals surface area contributed by atoms with Crippen LogP contribution >= 0.6 is 0 Å². The molecule has 2 heterocycles. The van der Waals surface area contributed by atoms with Gasteiger partial charge >= 0.3 is 0 Å². The van der Waals surface area contributed by atoms with Gasteiger partial charge in [0.2, 0.25) is 0 Å². The van der Waals surface area contributed by atoms with Gasteiger partial charge in [0.15, 0.2) is 17.3 Å². The van der Waals surface area contributed by atoms with E-state index < -0.39 is 0 Å². The Kier molecular flexibility index (Phi) is 3.05. The minimum atomic E-state index is 0.557. The largest absolute Gasteiger partial charge is 0.486 e. The third-order valence-electron chi connectivity index (χ3n) is 2.64. The van der Waals surface area contributed by atoms with E-state index in [0.29, 0.717) is 32.1 Å². The molecule has 0 aliphatic carbocycles. The number of para-hydroxylation sites is 1. The van der Waals surface area contributed by atoms with Crippen molar-refractivity contribution >= 4 is 0 Å². The van der Waals surface area contributed by atoms with Crippen LogP contribution in [0.25, 0.3) is 0 Å². The topological polar surface area (TPSA) is 85.0 Å². The van der Waals surface area contributed by atoms with E-state index in [1.807, 2.05) is 18.2 Å². The second kappa shape index (κ2) is 5.01. The highest BCUT2D eigenvalue weighted by atomic mass is 16.6. The molecule has 1 aliphatic rings. The molecule has 0 amide bonds. The second-order valence-electron chi connectivity index (χ2n) is 3.87. The Morgan fingerprint density at radius 2 is 2.17 bits per heavy atom. The van der Waals surface area contributed by atoms with E-state index in [9.17, 15) is 0 Å². The zero-order chi connectivity index (χ0) is 12.2. The Morgan fingerprint density at radius 3 is 3.06 bits per heavy atom. The summed E-state index contributed by atoms with van der Waals surface area (Å²) in [6.45, 7) is 2.42. The van der Waals surface area contributed by atoms with Gasteiger partial charge in [-0.05, 0) is 6.07 Å². The number of hydrogen-bond acceptors (Lipinski definition) is 6. The molecule has 0 saturated carbocycles. The van der Waals surface area contributed by atoms with Gasteiger partial charge in [0, 0.05) is 12.1 Å². The van der Waals surface area contributed by atoms with Gasteiger partial charge in [0.1, 0.15) is 13.2 Å². The number of H-pyrrole nitrogens is 1. The van der Waals surface area contributed by atoms with Crippen LogP contribution < -0.4 is 14.8 Å². The van der Waals surface area contributed by atoms with E-state index in [-0.39, 0.29) is 0 Å². The molecule has 3 rings (SSSR count). The number of nitrogens with zero attached hydrogens (tertiary/aromatic N) is 3. The van der Waals surface area contributed by atoms with Gasteiger partial charge in [-0.25, -0.2) is 0 Å². The summed E-state index contributed by atoms with van der Waals surface area (Å²) in [5.41, 5.74) is 1.07. The molecular weight excluding hydrogens is 234 g/mol. The summed E-state index contributed by atoms with van der Waals surface area (Å²) in [4.78, 5) is 0. The number of rotatable bonds is 4. The Morgan fingerprint density at radius 1 is 1.22 bits per heavy atom. The van der Waals surface area contributed by atoms with E-state index in [4.69, 9.17) is 9.47 Å². The van der Waals surface area contributed by atoms with Gasteiger partial charge in [0.05, 0.1) is 6.54 Å². The Bertz CT molecular complexity index is 514. The highest BCUT2D eigenvalue weighted by Gasteiger charge is 2.15. The summed E-state index contributed by atoms with van der Waals surface area (Å²) in [5.74, 6) is 2.27. The fourth-order valence-electron chi connectivity index (χ4n) is 1.84. The minimum Gasteiger partial charge on any atom is -0.486 e. The van der Waals surface area contributed by atoms with Crippen molar-refractivity contribution in [1.29, 1.82) is 0 Å². The summed E-state index contributed by atoms with van der Waals surface area (Å²) >= 11 is 0. The molecule has 7 nitrogen and oxygen atoms in total. The Labute approximate surface area is 103 Å². The summed E-state index contributed by atoms with van der Waals surface area (Å²) in [7, 11) is 0. The molecule has 1 aliphatic heterocycles. The summed E-state index contributed by atoms with van der Waals surface area (Å²) < 4.78 is 11.2. The predicted octanol–water partition coefficient (Wildman–Crippen LogP) is 0.261. The number of hydrogen-bond donors (Lipinski definition) is 2. The zero-order valence-electron chi connectivity index (χ0n) is 9.72. The quantitative estimate of drug-likeness (QED) is 0.806. The van der Waals surface area contributed by atoms with Crippen molar-refractivity contribution in [3.05, 3.63) is 29.6 Å². The second-order valence-corrected chi connectivity index (χ2v) is 3.87. The van der Waals surface area contributed by atoms with Crippen molar-refractivity contribution in [3.63, 3.8) is 0 Å². The van der Waals surface area contributed by atoms with Crippen LogP contribution in [-0.4, -0.2) is 33.8 Å². The van der Waals surface area contributed by atoms with Crippen LogP contribution in [0.15, 0.2) is 18.2 Å². The van der Waals surface area contributed by atoms with Crippen molar-refractivity contribution < 1.29 is 9.47 Å². The number of ether oxygens (including phenoxy) is 2. The van der Waals surface area contributed by atoms with Gasteiger partial charge in [-0.3, -0.25) is 0 Å². The fraction of sp³-hybridized carbons (Fsp3) is 0.364. The van der Waals surface area contributed by atoms with Crippen LogP contribution in [0.3, 0.4) is 0 Å². The molecular formula is C11H13N5O2. The molecule has 0 bridgehead atoms. The van der Waals surface area contributed by atoms with Gasteiger partial charge in [0.25, 0.3) is 0 Å². The van der Waals surface area contributed by atoms with Crippen molar-refractivity contribution in [2.75, 3.05) is 13.2 Å². The lowest BCUT2D eigenvalue weighted by atomic mass is 10.1. The fourth-order valence-corrected chi connectivity index (χ4v) is 1.84. The number of nitrogens with one attached hydrogen (secondary N) is 2. The summed E-state index contributed by atoms with van der Waals surface area (Å²) in [6.07, 6.45) is 0. The Balaban J connectivity index is 1.65. The van der Waals surface area contributed by atoms with Crippen molar-refractivity contribution in [1.82, 2.24) is 25.9 Å². The number of aromatic amines is 1. The van der Waals surface area contributed by atoms with Crippen LogP contribution in [0.5, 0.6) is 11.5 Å². The maximum absolute atomic E-state index is 5.63. The molecule has 2 aromatic rings. The monoisotopic (exact) mass is 247 g/mol. The van der Waals surface area contributed by atoms with Crippen molar-refractivity contribution in [2.24, 2.45) is 0 Å². The number of tetrazole rings is 1. The molecule has 0 saturated heterocycles. The third kappa shape index (κ3) is 2.25. The molecule has 0 atom stereocenters. The van der Waals surface area contributed by atoms with Crippen LogP contribution in [0.4, 0.5) is 0 Å². The zero-order valence-corrected chi connectivity index (χ0v) is 9.72. The van der Waals surface area contributed by atoms with E-state index in [2.05, 4.69) is 25.9 Å². The first-order valence-electron chi connectivity index (χ1n) is 5.74. The lowest BCUT2D eigenvalue weighted by molar-refractivity contribution is 0.169. The van der Waals surface area contributed by atoms with Crippen LogP contribution in [0.2, 0.25) is 0 Å². The number of benzene rings is 1. The van der Waals surface area contributed by atoms with Crippen LogP contribution in [-0.2, 0) is 13.1 Å². The lowest BCUT2D eigenvalue weighted by Gasteiger charge is -2.20. The van der Waals surface area contributed by atoms with E-state index >= 15 is 0 Å². The van der Waals surface area contributed by atoms with E-state index in [1.165, 1.54) is 0 Å². The highest BCUT2D eigenvalue weighted by molar-refractivity contribution is 5.47. The van der Waals surface area contributed by atoms with Gasteiger partial charge in [-0.2, -0.15) is 5.21 Å². The predicted molar refractivity (Wildman–Crippen MR) is 62.2 cm³/mol. The highest BCUT2D eigenvalue weighted by Crippen LogP contribution is 2.33. The molecule has 7 heteroatoms. The molecule has 18 heavy (non-hydrogen) atoms. The number of aromatic nitrogens is 4. The van der Waals surface area contributed by atoms with Crippen LogP contribution in [0, 0.1) is 0 Å². The summed E-state index contributed by atoms with van der Waals surface area (Å²) in [6, 6.07) is 5.88. The van der Waals surface area contributed by atoms with Gasteiger partial charge < -0.3 is 14.8 Å². The van der Waals surface area contributed by atoms with Crippen LogP contribution in [0.1, 0.15) is 11.4 Å². The molecule has 94 valence electrons. The van der Waals surface area contributed by atoms with Gasteiger partial charge in [-0.15, -0.1) is 10.2 Å². The molecule has 0 spiro atoms. The SMILES string of the molecule is c1cc(CNCc2nn[nH]n2)c2c(c1)OCCO2. The Hall–Kier alpha value is -2.15. The molecule has 2 N–H and O–H groups in total. The van der Waals surface area contributed by atoms with Gasteiger partial charge in [-0.1, -0.05) is 17.3 Å². The van der Waals surface area contributed by atoms with Crippen molar-refractivity contribution in [3.8, 4) is 11.5 Å². The number of fused-ring (bicyclic) bond motifs is 1. The normalized spacial score (nSPS) is 13.6. The first-order valence-corrected chi connectivity index (χ1v) is 5.74. The smallest absolute Gasteiger partial charge is 0.188 e. The average molecular weight is 247 g/mol. The lowest BCUT2D eigenvalue weighted by Crippen LogP contribution is -2.19. The standard InChI is InChI=1S/C11H13N5O2/c1-2-8(6-12-7-10-13-15-16-14-10)11-9(3-1)17-4-5-18-11/h1-3,12H,4-7H2,(H,13,14,15,16). The third-order valence-corrected chi connectivity index (χ3v) is 2.64. The van der Waals surface area contributed by atoms with E-state index in [0.717, 1.165) is 17.1 Å². The summed E-state index contributed by atoms with van der Waals surface area (Å²) in [5, 5.41) is 16.9. The molecule has 0 radical (unpaired) electrons. The maximum atomic E-state index is 5.63. The first-order chi connectivity index (χ1) is 8.93. The molecule has 1 aromatic heterocycles. The minimum absolute atomic E-state index is 0.557. The molecule has 1 aromatic carbocycles. The maximum Gasteiger partial charge on any atom is 0.188 e. The van der Waals surface area contributed by atoms with Crippen molar-refractivity contribution in [2.45, 2.75) is 13.1 Å². The molecule has 0 unspecified atom stereocenters. The average Bonchev–Trinajstić information content (AvgIpc) is 2.92. The first kappa shape index (κ1) is 11.0. The van der Waals surface area contributed by atoms with E-state index in [1.54, 1.807) is 0 Å².